The van der Waals surface area contributed by atoms with E-state index in [1.807, 2.05) is 20.8 Å². The molecule has 1 aliphatic heterocycles. The number of carbonyl (C=O) groups excluding carboxylic acids is 2. The van der Waals surface area contributed by atoms with Crippen LogP contribution in [0.4, 0.5) is 4.79 Å². The summed E-state index contributed by atoms with van der Waals surface area (Å²) in [5.74, 6) is -0.210. The average Bonchev–Trinajstić information content (AvgIpc) is 2.26. The molecule has 3 amide bonds. The number of carbonyl (C=O) groups is 2. The summed E-state index contributed by atoms with van der Waals surface area (Å²) >= 11 is 0. The number of rotatable bonds is 3. The number of amides is 3. The Balaban J connectivity index is 2.43. The monoisotopic (exact) mass is 269 g/mol. The van der Waals surface area contributed by atoms with E-state index in [9.17, 15) is 9.59 Å². The number of likely N-dealkylation sites (tertiary alicyclic amines) is 1. The molecule has 0 radical (unpaired) electrons. The maximum atomic E-state index is 12.0. The van der Waals surface area contributed by atoms with Crippen LogP contribution in [0.5, 0.6) is 0 Å². The highest BCUT2D eigenvalue weighted by Gasteiger charge is 2.23. The standard InChI is InChI=1S/C14H27N3O2/c1-11(2)15-14(19)16-13(18)12(3)17-9-7-5-4-6-8-10-17/h11-12H,4-10H2,1-3H3,(H2,15,16,18,19)/t12-/m1/s1. The van der Waals surface area contributed by atoms with Crippen molar-refractivity contribution in [1.82, 2.24) is 15.5 Å². The van der Waals surface area contributed by atoms with Gasteiger partial charge in [0.2, 0.25) is 5.91 Å². The van der Waals surface area contributed by atoms with Gasteiger partial charge in [0.05, 0.1) is 6.04 Å². The molecule has 0 spiro atoms. The summed E-state index contributed by atoms with van der Waals surface area (Å²) in [5, 5.41) is 5.08. The van der Waals surface area contributed by atoms with E-state index in [4.69, 9.17) is 0 Å². The van der Waals surface area contributed by atoms with E-state index in [1.165, 1.54) is 19.3 Å². The highest BCUT2D eigenvalue weighted by atomic mass is 16.2. The number of hydrogen-bond acceptors (Lipinski definition) is 3. The molecule has 1 rings (SSSR count). The molecule has 5 nitrogen and oxygen atoms in total. The Morgan fingerprint density at radius 1 is 0.947 bits per heavy atom. The molecule has 0 aromatic carbocycles. The molecule has 1 saturated heterocycles. The molecule has 0 saturated carbocycles. The Bertz CT molecular complexity index is 297. The first-order chi connectivity index (χ1) is 9.00. The SMILES string of the molecule is CC(C)NC(=O)NC(=O)[C@@H](C)N1CCCCCCC1. The van der Waals surface area contributed by atoms with Crippen molar-refractivity contribution in [3.8, 4) is 0 Å². The zero-order valence-corrected chi connectivity index (χ0v) is 12.4. The summed E-state index contributed by atoms with van der Waals surface area (Å²) in [7, 11) is 0. The Morgan fingerprint density at radius 2 is 1.47 bits per heavy atom. The van der Waals surface area contributed by atoms with Crippen LogP contribution in [-0.4, -0.2) is 42.0 Å². The van der Waals surface area contributed by atoms with Gasteiger partial charge >= 0.3 is 6.03 Å². The normalized spacial score (nSPS) is 19.4. The van der Waals surface area contributed by atoms with Crippen molar-refractivity contribution in [2.75, 3.05) is 13.1 Å². The van der Waals surface area contributed by atoms with Gasteiger partial charge in [-0.2, -0.15) is 0 Å². The van der Waals surface area contributed by atoms with E-state index >= 15 is 0 Å². The maximum Gasteiger partial charge on any atom is 0.321 e. The fourth-order valence-corrected chi connectivity index (χ4v) is 2.34. The molecule has 1 fully saturated rings. The van der Waals surface area contributed by atoms with E-state index in [2.05, 4.69) is 15.5 Å². The van der Waals surface area contributed by atoms with Gasteiger partial charge in [-0.1, -0.05) is 19.3 Å². The second kappa shape index (κ2) is 8.15. The van der Waals surface area contributed by atoms with Crippen LogP contribution in [-0.2, 0) is 4.79 Å². The van der Waals surface area contributed by atoms with Crippen molar-refractivity contribution < 1.29 is 9.59 Å². The summed E-state index contributed by atoms with van der Waals surface area (Å²) in [5.41, 5.74) is 0. The van der Waals surface area contributed by atoms with Gasteiger partial charge in [0.1, 0.15) is 0 Å². The molecule has 19 heavy (non-hydrogen) atoms. The molecule has 5 heteroatoms. The molecular weight excluding hydrogens is 242 g/mol. The van der Waals surface area contributed by atoms with Crippen molar-refractivity contribution in [2.24, 2.45) is 0 Å². The summed E-state index contributed by atoms with van der Waals surface area (Å²) in [6, 6.07) is -0.611. The zero-order valence-electron chi connectivity index (χ0n) is 12.4. The first kappa shape index (κ1) is 16.0. The topological polar surface area (TPSA) is 61.4 Å². The Hall–Kier alpha value is -1.10. The molecule has 0 aromatic heterocycles. The van der Waals surface area contributed by atoms with E-state index in [1.54, 1.807) is 0 Å². The molecule has 2 N–H and O–H groups in total. The Labute approximate surface area is 116 Å². The molecule has 1 heterocycles. The van der Waals surface area contributed by atoms with Crippen LogP contribution >= 0.6 is 0 Å². The predicted molar refractivity (Wildman–Crippen MR) is 75.9 cm³/mol. The second-order valence-electron chi connectivity index (χ2n) is 5.60. The third-order valence-corrected chi connectivity index (χ3v) is 3.47. The Kier molecular flexibility index (Phi) is 6.84. The number of urea groups is 1. The van der Waals surface area contributed by atoms with Gasteiger partial charge in [0, 0.05) is 6.04 Å². The van der Waals surface area contributed by atoms with Gasteiger partial charge in [-0.3, -0.25) is 15.0 Å². The first-order valence-electron chi connectivity index (χ1n) is 7.36. The van der Waals surface area contributed by atoms with Crippen LogP contribution in [0.25, 0.3) is 0 Å². The van der Waals surface area contributed by atoms with Gasteiger partial charge in [0.15, 0.2) is 0 Å². The van der Waals surface area contributed by atoms with E-state index < -0.39 is 6.03 Å². The molecule has 1 atom stereocenters. The summed E-state index contributed by atoms with van der Waals surface area (Å²) in [4.78, 5) is 25.7. The fourth-order valence-electron chi connectivity index (χ4n) is 2.34. The molecule has 0 aliphatic carbocycles. The van der Waals surface area contributed by atoms with Crippen molar-refractivity contribution in [3.05, 3.63) is 0 Å². The fraction of sp³-hybridized carbons (Fsp3) is 0.857. The largest absolute Gasteiger partial charge is 0.336 e. The summed E-state index contributed by atoms with van der Waals surface area (Å²) < 4.78 is 0. The number of nitrogens with one attached hydrogen (secondary N) is 2. The van der Waals surface area contributed by atoms with Gasteiger partial charge in [0.25, 0.3) is 0 Å². The molecule has 0 unspecified atom stereocenters. The minimum absolute atomic E-state index is 0.0322. The minimum atomic E-state index is -0.404. The molecule has 1 aliphatic rings. The summed E-state index contributed by atoms with van der Waals surface area (Å²) in [6.45, 7) is 7.50. The summed E-state index contributed by atoms with van der Waals surface area (Å²) in [6.07, 6.45) is 6.04. The third-order valence-electron chi connectivity index (χ3n) is 3.47. The zero-order chi connectivity index (χ0) is 14.3. The molecule has 0 bridgehead atoms. The molecule has 0 aromatic rings. The van der Waals surface area contributed by atoms with Crippen LogP contribution in [0.2, 0.25) is 0 Å². The quantitative estimate of drug-likeness (QED) is 0.822. The number of hydrogen-bond donors (Lipinski definition) is 2. The lowest BCUT2D eigenvalue weighted by Gasteiger charge is -2.29. The second-order valence-corrected chi connectivity index (χ2v) is 5.60. The number of nitrogens with zero attached hydrogens (tertiary/aromatic N) is 1. The van der Waals surface area contributed by atoms with Crippen molar-refractivity contribution in [3.63, 3.8) is 0 Å². The van der Waals surface area contributed by atoms with Gasteiger partial charge in [-0.05, 0) is 46.7 Å². The maximum absolute atomic E-state index is 12.0. The lowest BCUT2D eigenvalue weighted by Crippen LogP contribution is -2.51. The Morgan fingerprint density at radius 3 is 2.00 bits per heavy atom. The van der Waals surface area contributed by atoms with Gasteiger partial charge in [-0.25, -0.2) is 4.79 Å². The van der Waals surface area contributed by atoms with Crippen molar-refractivity contribution in [2.45, 2.75) is 65.0 Å². The van der Waals surface area contributed by atoms with Crippen LogP contribution < -0.4 is 10.6 Å². The lowest BCUT2D eigenvalue weighted by molar-refractivity contribution is -0.124. The predicted octanol–water partition coefficient (Wildman–Crippen LogP) is 1.88. The highest BCUT2D eigenvalue weighted by Crippen LogP contribution is 2.12. The first-order valence-corrected chi connectivity index (χ1v) is 7.36. The van der Waals surface area contributed by atoms with Gasteiger partial charge in [-0.15, -0.1) is 0 Å². The van der Waals surface area contributed by atoms with Crippen LogP contribution in [0.3, 0.4) is 0 Å². The van der Waals surface area contributed by atoms with Crippen molar-refractivity contribution >= 4 is 11.9 Å². The third kappa shape index (κ3) is 6.05. The van der Waals surface area contributed by atoms with Crippen LogP contribution in [0.1, 0.15) is 52.9 Å². The van der Waals surface area contributed by atoms with E-state index in [-0.39, 0.29) is 18.0 Å². The highest BCUT2D eigenvalue weighted by molar-refractivity contribution is 5.96. The lowest BCUT2D eigenvalue weighted by atomic mass is 10.1. The van der Waals surface area contributed by atoms with Crippen LogP contribution in [0.15, 0.2) is 0 Å². The van der Waals surface area contributed by atoms with Gasteiger partial charge < -0.3 is 5.32 Å². The van der Waals surface area contributed by atoms with E-state index in [0.717, 1.165) is 25.9 Å². The molecule has 110 valence electrons. The average molecular weight is 269 g/mol. The van der Waals surface area contributed by atoms with E-state index in [0.29, 0.717) is 0 Å². The molecular formula is C14H27N3O2. The van der Waals surface area contributed by atoms with Crippen molar-refractivity contribution in [1.29, 1.82) is 0 Å². The smallest absolute Gasteiger partial charge is 0.321 e. The minimum Gasteiger partial charge on any atom is -0.336 e. The number of imide groups is 1. The van der Waals surface area contributed by atoms with Crippen LogP contribution in [0, 0.1) is 0 Å².